The summed E-state index contributed by atoms with van der Waals surface area (Å²) in [5.41, 5.74) is 1.35. The number of carbonyl (C=O) groups is 2. The Balaban J connectivity index is 1.52. The van der Waals surface area contributed by atoms with Gasteiger partial charge in [-0.2, -0.15) is 5.26 Å². The summed E-state index contributed by atoms with van der Waals surface area (Å²) in [6, 6.07) is 11.6. The number of nitrogens with zero attached hydrogens (tertiary/aromatic N) is 1. The maximum Gasteiger partial charge on any atom is 0.349 e. The Hall–Kier alpha value is -2.65. The molecule has 6 heteroatoms. The van der Waals surface area contributed by atoms with Crippen molar-refractivity contribution in [3.05, 3.63) is 40.8 Å². The average molecular weight is 435 g/mol. The number of anilines is 1. The van der Waals surface area contributed by atoms with Crippen molar-refractivity contribution in [3.63, 3.8) is 0 Å². The van der Waals surface area contributed by atoms with Crippen molar-refractivity contribution in [2.24, 2.45) is 23.2 Å². The summed E-state index contributed by atoms with van der Waals surface area (Å²) in [4.78, 5) is 26.6. The van der Waals surface area contributed by atoms with Gasteiger partial charge in [0, 0.05) is 5.56 Å². The SMILES string of the molecule is CCOC(=O)c1sc(NC(=O)C23CC4CC(CC(C4)C2)C3)c(C#N)c1-c1ccccc1. The summed E-state index contributed by atoms with van der Waals surface area (Å²) in [6.07, 6.45) is 6.65. The van der Waals surface area contributed by atoms with Gasteiger partial charge < -0.3 is 10.1 Å². The number of ether oxygens (including phenoxy) is 1. The highest BCUT2D eigenvalue weighted by Gasteiger charge is 2.54. The van der Waals surface area contributed by atoms with Crippen LogP contribution in [0.1, 0.15) is 60.7 Å². The van der Waals surface area contributed by atoms with Crippen molar-refractivity contribution in [2.75, 3.05) is 11.9 Å². The number of hydrogen-bond donors (Lipinski definition) is 1. The third kappa shape index (κ3) is 3.45. The van der Waals surface area contributed by atoms with E-state index in [1.165, 1.54) is 19.3 Å². The standard InChI is InChI=1S/C25H26N2O3S/c1-2-30-23(28)21-20(18-6-4-3-5-7-18)19(14-26)22(31-21)27-24(29)25-11-15-8-16(12-25)10-17(9-15)13-25/h3-7,15-17H,2,8-13H2,1H3,(H,27,29). The van der Waals surface area contributed by atoms with E-state index in [2.05, 4.69) is 11.4 Å². The van der Waals surface area contributed by atoms with Gasteiger partial charge in [-0.3, -0.25) is 4.79 Å². The van der Waals surface area contributed by atoms with Gasteiger partial charge in [-0.05, 0) is 68.8 Å². The highest BCUT2D eigenvalue weighted by atomic mass is 32.1. The molecule has 1 heterocycles. The predicted molar refractivity (Wildman–Crippen MR) is 120 cm³/mol. The van der Waals surface area contributed by atoms with Gasteiger partial charge in [0.2, 0.25) is 5.91 Å². The number of hydrogen-bond acceptors (Lipinski definition) is 5. The molecule has 1 N–H and O–H groups in total. The summed E-state index contributed by atoms with van der Waals surface area (Å²) in [5, 5.41) is 13.5. The van der Waals surface area contributed by atoms with Crippen LogP contribution in [0.2, 0.25) is 0 Å². The maximum absolute atomic E-state index is 13.6. The highest BCUT2D eigenvalue weighted by Crippen LogP contribution is 2.60. The Morgan fingerprint density at radius 2 is 1.74 bits per heavy atom. The van der Waals surface area contributed by atoms with Crippen molar-refractivity contribution < 1.29 is 14.3 Å². The Bertz CT molecular complexity index is 1030. The molecule has 0 radical (unpaired) electrons. The maximum atomic E-state index is 13.6. The van der Waals surface area contributed by atoms with E-state index in [0.29, 0.717) is 38.8 Å². The first-order valence-corrected chi connectivity index (χ1v) is 12.0. The molecule has 2 aromatic rings. The van der Waals surface area contributed by atoms with Gasteiger partial charge in [-0.25, -0.2) is 4.79 Å². The molecule has 4 fully saturated rings. The van der Waals surface area contributed by atoms with Crippen LogP contribution in [0.3, 0.4) is 0 Å². The molecule has 160 valence electrons. The van der Waals surface area contributed by atoms with Crippen molar-refractivity contribution in [2.45, 2.75) is 45.4 Å². The minimum atomic E-state index is -0.460. The number of rotatable bonds is 5. The smallest absolute Gasteiger partial charge is 0.349 e. The van der Waals surface area contributed by atoms with E-state index >= 15 is 0 Å². The molecule has 0 spiro atoms. The third-order valence-corrected chi connectivity index (χ3v) is 8.38. The Kier molecular flexibility index (Phi) is 5.10. The second-order valence-corrected chi connectivity index (χ2v) is 10.4. The van der Waals surface area contributed by atoms with Gasteiger partial charge in [-0.1, -0.05) is 30.3 Å². The first-order chi connectivity index (χ1) is 15.0. The van der Waals surface area contributed by atoms with Crippen LogP contribution < -0.4 is 5.32 Å². The summed E-state index contributed by atoms with van der Waals surface area (Å²) < 4.78 is 5.26. The lowest BCUT2D eigenvalue weighted by atomic mass is 9.49. The Labute approximate surface area is 186 Å². The largest absolute Gasteiger partial charge is 0.462 e. The van der Waals surface area contributed by atoms with Crippen molar-refractivity contribution >= 4 is 28.2 Å². The molecule has 1 amide bonds. The molecule has 1 aromatic heterocycles. The van der Waals surface area contributed by atoms with Gasteiger partial charge in [0.15, 0.2) is 0 Å². The number of nitrogens with one attached hydrogen (secondary N) is 1. The van der Waals surface area contributed by atoms with E-state index in [4.69, 9.17) is 4.74 Å². The Morgan fingerprint density at radius 1 is 1.13 bits per heavy atom. The molecule has 4 aliphatic rings. The lowest BCUT2D eigenvalue weighted by Gasteiger charge is -2.55. The fraction of sp³-hybridized carbons (Fsp3) is 0.480. The number of amides is 1. The van der Waals surface area contributed by atoms with Crippen molar-refractivity contribution in [1.29, 1.82) is 5.26 Å². The van der Waals surface area contributed by atoms with E-state index in [1.807, 2.05) is 30.3 Å². The van der Waals surface area contributed by atoms with Crippen LogP contribution in [-0.2, 0) is 9.53 Å². The number of carbonyl (C=O) groups excluding carboxylic acids is 2. The molecule has 4 saturated carbocycles. The monoisotopic (exact) mass is 434 g/mol. The molecule has 6 rings (SSSR count). The predicted octanol–water partition coefficient (Wildman–Crippen LogP) is 5.62. The average Bonchev–Trinajstić information content (AvgIpc) is 3.12. The van der Waals surface area contributed by atoms with Gasteiger partial charge in [0.05, 0.1) is 17.6 Å². The lowest BCUT2D eigenvalue weighted by Crippen LogP contribution is -2.51. The number of nitriles is 1. The molecule has 0 unspecified atom stereocenters. The van der Waals surface area contributed by atoms with Crippen LogP contribution in [0, 0.1) is 34.5 Å². The van der Waals surface area contributed by atoms with E-state index in [-0.39, 0.29) is 17.9 Å². The van der Waals surface area contributed by atoms with Gasteiger partial charge in [0.25, 0.3) is 0 Å². The summed E-state index contributed by atoms with van der Waals surface area (Å²) in [6.45, 7) is 2.01. The lowest BCUT2D eigenvalue weighted by molar-refractivity contribution is -0.140. The minimum absolute atomic E-state index is 0.0272. The summed E-state index contributed by atoms with van der Waals surface area (Å²) in [5.74, 6) is 1.54. The molecule has 4 aliphatic carbocycles. The summed E-state index contributed by atoms with van der Waals surface area (Å²) >= 11 is 1.16. The zero-order chi connectivity index (χ0) is 21.6. The number of esters is 1. The highest BCUT2D eigenvalue weighted by molar-refractivity contribution is 7.19. The van der Waals surface area contributed by atoms with Crippen LogP contribution in [0.5, 0.6) is 0 Å². The van der Waals surface area contributed by atoms with Crippen molar-refractivity contribution in [3.8, 4) is 17.2 Å². The molecule has 5 nitrogen and oxygen atoms in total. The zero-order valence-electron chi connectivity index (χ0n) is 17.6. The fourth-order valence-electron chi connectivity index (χ4n) is 6.47. The Morgan fingerprint density at radius 3 is 2.29 bits per heavy atom. The van der Waals surface area contributed by atoms with Crippen LogP contribution in [0.25, 0.3) is 11.1 Å². The van der Waals surface area contributed by atoms with Crippen LogP contribution in [0.4, 0.5) is 5.00 Å². The molecule has 4 bridgehead atoms. The molecule has 0 aliphatic heterocycles. The third-order valence-electron chi connectivity index (χ3n) is 7.29. The molecule has 31 heavy (non-hydrogen) atoms. The molecule has 0 atom stereocenters. The van der Waals surface area contributed by atoms with E-state index in [9.17, 15) is 14.9 Å². The minimum Gasteiger partial charge on any atom is -0.462 e. The normalized spacial score (nSPS) is 28.2. The molecular weight excluding hydrogens is 408 g/mol. The van der Waals surface area contributed by atoms with E-state index in [1.54, 1.807) is 6.92 Å². The number of benzene rings is 1. The van der Waals surface area contributed by atoms with Crippen LogP contribution >= 0.6 is 11.3 Å². The topological polar surface area (TPSA) is 79.2 Å². The first-order valence-electron chi connectivity index (χ1n) is 11.1. The van der Waals surface area contributed by atoms with Gasteiger partial charge in [0.1, 0.15) is 15.9 Å². The summed E-state index contributed by atoms with van der Waals surface area (Å²) in [7, 11) is 0. The van der Waals surface area contributed by atoms with Crippen molar-refractivity contribution in [1.82, 2.24) is 0 Å². The van der Waals surface area contributed by atoms with E-state index in [0.717, 1.165) is 36.2 Å². The van der Waals surface area contributed by atoms with Gasteiger partial charge >= 0.3 is 5.97 Å². The molecule has 0 saturated heterocycles. The van der Waals surface area contributed by atoms with Gasteiger partial charge in [-0.15, -0.1) is 11.3 Å². The second kappa shape index (κ2) is 7.80. The van der Waals surface area contributed by atoms with Crippen LogP contribution in [0.15, 0.2) is 30.3 Å². The second-order valence-electron chi connectivity index (χ2n) is 9.36. The van der Waals surface area contributed by atoms with Crippen LogP contribution in [-0.4, -0.2) is 18.5 Å². The van der Waals surface area contributed by atoms with E-state index < -0.39 is 5.97 Å². The quantitative estimate of drug-likeness (QED) is 0.620. The molecule has 1 aromatic carbocycles. The zero-order valence-corrected chi connectivity index (χ0v) is 18.5. The first kappa shape index (κ1) is 20.3. The fourth-order valence-corrected chi connectivity index (χ4v) is 7.53. The molecular formula is C25H26N2O3S. The number of thiophene rings is 1.